The molecule has 216 valence electrons. The molecule has 8 aromatic carbocycles. The number of benzene rings is 8. The van der Waals surface area contributed by atoms with Gasteiger partial charge in [0.05, 0.1) is 11.4 Å². The number of fused-ring (bicyclic) bond motifs is 6. The smallest absolute Gasteiger partial charge is 0.136 e. The lowest BCUT2D eigenvalue weighted by atomic mass is 9.97. The molecule has 0 fully saturated rings. The van der Waals surface area contributed by atoms with Crippen LogP contribution < -0.4 is 4.90 Å². The van der Waals surface area contributed by atoms with Crippen LogP contribution >= 0.6 is 0 Å². The van der Waals surface area contributed by atoms with Gasteiger partial charge in [-0.25, -0.2) is 0 Å². The Balaban J connectivity index is 1.28. The van der Waals surface area contributed by atoms with Crippen molar-refractivity contribution in [2.75, 3.05) is 4.90 Å². The molecular weight excluding hydrogens is 558 g/mol. The molecule has 0 aliphatic heterocycles. The van der Waals surface area contributed by atoms with Crippen molar-refractivity contribution >= 4 is 60.5 Å². The second-order valence-corrected chi connectivity index (χ2v) is 11.7. The molecule has 0 unspecified atom stereocenters. The van der Waals surface area contributed by atoms with Gasteiger partial charge in [-0.1, -0.05) is 133 Å². The lowest BCUT2D eigenvalue weighted by molar-refractivity contribution is 0.669. The normalized spacial score (nSPS) is 11.5. The van der Waals surface area contributed by atoms with E-state index in [-0.39, 0.29) is 0 Å². The number of hydrogen-bond acceptors (Lipinski definition) is 2. The van der Waals surface area contributed by atoms with E-state index >= 15 is 0 Å². The third-order valence-corrected chi connectivity index (χ3v) is 9.07. The summed E-state index contributed by atoms with van der Waals surface area (Å²) in [6.45, 7) is 0. The van der Waals surface area contributed by atoms with Gasteiger partial charge in [-0.2, -0.15) is 0 Å². The van der Waals surface area contributed by atoms with Crippen LogP contribution in [0.1, 0.15) is 0 Å². The van der Waals surface area contributed by atoms with Crippen LogP contribution in [0.4, 0.5) is 17.1 Å². The molecule has 9 aromatic rings. The highest BCUT2D eigenvalue weighted by Gasteiger charge is 2.21. The monoisotopic (exact) mass is 587 g/mol. The molecule has 0 N–H and O–H groups in total. The zero-order chi connectivity index (χ0) is 30.5. The van der Waals surface area contributed by atoms with Gasteiger partial charge in [0.25, 0.3) is 0 Å². The molecule has 0 aliphatic carbocycles. The van der Waals surface area contributed by atoms with Crippen molar-refractivity contribution in [2.45, 2.75) is 0 Å². The minimum absolute atomic E-state index is 0.904. The maximum Gasteiger partial charge on any atom is 0.136 e. The Hall–Kier alpha value is -6.12. The summed E-state index contributed by atoms with van der Waals surface area (Å²) >= 11 is 0. The molecule has 46 heavy (non-hydrogen) atoms. The summed E-state index contributed by atoms with van der Waals surface area (Å²) in [5.74, 6) is 0. The van der Waals surface area contributed by atoms with Crippen LogP contribution in [0.5, 0.6) is 0 Å². The van der Waals surface area contributed by atoms with Crippen molar-refractivity contribution in [2.24, 2.45) is 0 Å². The second-order valence-electron chi connectivity index (χ2n) is 11.7. The summed E-state index contributed by atoms with van der Waals surface area (Å²) in [5, 5.41) is 7.14. The van der Waals surface area contributed by atoms with Gasteiger partial charge in [-0.3, -0.25) is 0 Å². The fourth-order valence-electron chi connectivity index (χ4n) is 6.97. The van der Waals surface area contributed by atoms with Crippen LogP contribution in [0.3, 0.4) is 0 Å². The van der Waals surface area contributed by atoms with Gasteiger partial charge in [0.15, 0.2) is 0 Å². The minimum atomic E-state index is 0.904. The van der Waals surface area contributed by atoms with E-state index in [2.05, 4.69) is 169 Å². The quantitative estimate of drug-likeness (QED) is 0.199. The van der Waals surface area contributed by atoms with Gasteiger partial charge < -0.3 is 9.32 Å². The molecule has 0 saturated heterocycles. The molecule has 2 nitrogen and oxygen atoms in total. The van der Waals surface area contributed by atoms with Crippen molar-refractivity contribution < 1.29 is 4.42 Å². The highest BCUT2D eigenvalue weighted by atomic mass is 16.3. The number of hydrogen-bond donors (Lipinski definition) is 0. The standard InChI is InChI=1S/C44H29NO/c1-2-12-31(13-3-1)36-17-6-8-21-40(36)45(33-26-24-32(25-27-33)35-19-10-15-30-14-4-5-16-34(30)35)41-22-11-20-38-37(41)28-29-43-44(38)39-18-7-9-23-42(39)46-43/h1-29H. The van der Waals surface area contributed by atoms with Gasteiger partial charge in [0.2, 0.25) is 0 Å². The first kappa shape index (κ1) is 26.3. The topological polar surface area (TPSA) is 16.4 Å². The summed E-state index contributed by atoms with van der Waals surface area (Å²) in [7, 11) is 0. The van der Waals surface area contributed by atoms with Crippen molar-refractivity contribution in [1.29, 1.82) is 0 Å². The Kier molecular flexibility index (Phi) is 6.17. The van der Waals surface area contributed by atoms with E-state index in [1.54, 1.807) is 0 Å². The maximum absolute atomic E-state index is 6.28. The largest absolute Gasteiger partial charge is 0.456 e. The molecule has 0 aliphatic rings. The lowest BCUT2D eigenvalue weighted by Crippen LogP contribution is -2.11. The predicted octanol–water partition coefficient (Wildman–Crippen LogP) is 12.7. The van der Waals surface area contributed by atoms with Crippen molar-refractivity contribution in [3.8, 4) is 22.3 Å². The maximum atomic E-state index is 6.28. The van der Waals surface area contributed by atoms with E-state index in [1.807, 2.05) is 12.1 Å². The van der Waals surface area contributed by atoms with Gasteiger partial charge >= 0.3 is 0 Å². The molecule has 9 rings (SSSR count). The highest BCUT2D eigenvalue weighted by molar-refractivity contribution is 6.21. The molecule has 0 saturated carbocycles. The van der Waals surface area contributed by atoms with Gasteiger partial charge in [0.1, 0.15) is 11.2 Å². The second kappa shape index (κ2) is 10.8. The Morgan fingerprint density at radius 1 is 0.348 bits per heavy atom. The minimum Gasteiger partial charge on any atom is -0.456 e. The molecule has 1 heterocycles. The Bertz CT molecular complexity index is 2520. The molecule has 0 amide bonds. The molecule has 0 atom stereocenters. The van der Waals surface area contributed by atoms with E-state index < -0.39 is 0 Å². The van der Waals surface area contributed by atoms with Crippen LogP contribution in [0.25, 0.3) is 65.7 Å². The highest BCUT2D eigenvalue weighted by Crippen LogP contribution is 2.46. The summed E-state index contributed by atoms with van der Waals surface area (Å²) in [5.41, 5.74) is 9.93. The molecule has 2 heteroatoms. The Morgan fingerprint density at radius 3 is 1.87 bits per heavy atom. The van der Waals surface area contributed by atoms with Gasteiger partial charge in [-0.05, 0) is 75.3 Å². The number of anilines is 3. The lowest BCUT2D eigenvalue weighted by Gasteiger charge is -2.29. The average molecular weight is 588 g/mol. The average Bonchev–Trinajstić information content (AvgIpc) is 3.52. The third-order valence-electron chi connectivity index (χ3n) is 9.07. The first-order valence-electron chi connectivity index (χ1n) is 15.7. The molecule has 1 aromatic heterocycles. The van der Waals surface area contributed by atoms with Crippen molar-refractivity contribution in [3.63, 3.8) is 0 Å². The van der Waals surface area contributed by atoms with Crippen molar-refractivity contribution in [1.82, 2.24) is 0 Å². The number of nitrogens with zero attached hydrogens (tertiary/aromatic N) is 1. The van der Waals surface area contributed by atoms with E-state index in [0.717, 1.165) is 39.0 Å². The summed E-state index contributed by atoms with van der Waals surface area (Å²) in [4.78, 5) is 2.41. The summed E-state index contributed by atoms with van der Waals surface area (Å²) in [6.07, 6.45) is 0. The van der Waals surface area contributed by atoms with Crippen LogP contribution in [0.15, 0.2) is 180 Å². The van der Waals surface area contributed by atoms with E-state index in [1.165, 1.54) is 43.8 Å². The van der Waals surface area contributed by atoms with Crippen LogP contribution in [-0.2, 0) is 0 Å². The third kappa shape index (κ3) is 4.27. The predicted molar refractivity (Wildman–Crippen MR) is 194 cm³/mol. The van der Waals surface area contributed by atoms with Crippen LogP contribution in [0.2, 0.25) is 0 Å². The Morgan fingerprint density at radius 2 is 0.978 bits per heavy atom. The van der Waals surface area contributed by atoms with Crippen molar-refractivity contribution in [3.05, 3.63) is 176 Å². The molecule has 0 spiro atoms. The number of rotatable bonds is 5. The van der Waals surface area contributed by atoms with Crippen LogP contribution in [0, 0.1) is 0 Å². The van der Waals surface area contributed by atoms with Crippen LogP contribution in [-0.4, -0.2) is 0 Å². The molecule has 0 bridgehead atoms. The SMILES string of the molecule is c1ccc(-c2ccccc2N(c2ccc(-c3cccc4ccccc34)cc2)c2cccc3c2ccc2oc4ccccc4c23)cc1. The van der Waals surface area contributed by atoms with E-state index in [9.17, 15) is 0 Å². The van der Waals surface area contributed by atoms with Gasteiger partial charge in [0, 0.05) is 27.4 Å². The molecular formula is C44H29NO. The molecule has 0 radical (unpaired) electrons. The fraction of sp³-hybridized carbons (Fsp3) is 0. The number of para-hydroxylation sites is 2. The first-order chi connectivity index (χ1) is 22.8. The zero-order valence-electron chi connectivity index (χ0n) is 25.1. The fourth-order valence-corrected chi connectivity index (χ4v) is 6.97. The van der Waals surface area contributed by atoms with E-state index in [4.69, 9.17) is 4.42 Å². The summed E-state index contributed by atoms with van der Waals surface area (Å²) in [6, 6.07) is 62.7. The van der Waals surface area contributed by atoms with Gasteiger partial charge in [-0.15, -0.1) is 0 Å². The first-order valence-corrected chi connectivity index (χ1v) is 15.7. The Labute approximate surface area is 267 Å². The van der Waals surface area contributed by atoms with E-state index in [0.29, 0.717) is 0 Å². The number of furan rings is 1. The summed E-state index contributed by atoms with van der Waals surface area (Å²) < 4.78 is 6.28. The zero-order valence-corrected chi connectivity index (χ0v) is 25.1.